The topological polar surface area (TPSA) is 110 Å². The molecule has 2 aromatic carbocycles. The van der Waals surface area contributed by atoms with E-state index in [1.54, 1.807) is 6.20 Å². The van der Waals surface area contributed by atoms with Crippen molar-refractivity contribution in [1.29, 1.82) is 5.26 Å². The molecule has 4 aromatic rings. The lowest BCUT2D eigenvalue weighted by atomic mass is 9.92. The number of carboxylic acid groups (broad SMARTS) is 1. The molecule has 1 saturated carbocycles. The van der Waals surface area contributed by atoms with E-state index in [1.165, 1.54) is 0 Å². The van der Waals surface area contributed by atoms with Crippen molar-refractivity contribution in [3.8, 4) is 17.2 Å². The SMILES string of the molecule is CCCc1c(Cc2ccc(-c3ccccc3C#N)cc2)c(=O)n(C2CCC(OCC(=O)O)CC2)c2ccnn12. The van der Waals surface area contributed by atoms with E-state index >= 15 is 0 Å². The number of benzene rings is 2. The Bertz CT molecular complexity index is 1570. The number of rotatable bonds is 9. The van der Waals surface area contributed by atoms with Gasteiger partial charge in [0.25, 0.3) is 5.56 Å². The number of carboxylic acids is 1. The van der Waals surface area contributed by atoms with Crippen molar-refractivity contribution in [3.63, 3.8) is 0 Å². The highest BCUT2D eigenvalue weighted by molar-refractivity contribution is 5.70. The zero-order valence-electron chi connectivity index (χ0n) is 22.0. The molecule has 2 heterocycles. The zero-order valence-corrected chi connectivity index (χ0v) is 22.0. The Morgan fingerprint density at radius 3 is 2.54 bits per heavy atom. The van der Waals surface area contributed by atoms with Gasteiger partial charge in [-0.05, 0) is 54.9 Å². The van der Waals surface area contributed by atoms with E-state index in [2.05, 4.69) is 18.1 Å². The third-order valence-electron chi connectivity index (χ3n) is 7.58. The number of aliphatic carboxylic acids is 1. The number of nitriles is 1. The second-order valence-electron chi connectivity index (χ2n) is 10.1. The number of nitrogens with zero attached hydrogens (tertiary/aromatic N) is 4. The first-order chi connectivity index (χ1) is 19.0. The van der Waals surface area contributed by atoms with Gasteiger partial charge in [-0.25, -0.2) is 9.31 Å². The van der Waals surface area contributed by atoms with E-state index in [1.807, 2.05) is 63.7 Å². The highest BCUT2D eigenvalue weighted by Gasteiger charge is 2.28. The van der Waals surface area contributed by atoms with Crippen molar-refractivity contribution in [2.75, 3.05) is 6.61 Å². The number of hydrogen-bond donors (Lipinski definition) is 1. The first-order valence-electron chi connectivity index (χ1n) is 13.5. The lowest BCUT2D eigenvalue weighted by Crippen LogP contribution is -2.35. The van der Waals surface area contributed by atoms with Crippen LogP contribution in [-0.4, -0.2) is 38.0 Å². The van der Waals surface area contributed by atoms with Gasteiger partial charge in [0.1, 0.15) is 12.3 Å². The van der Waals surface area contributed by atoms with E-state index in [-0.39, 0.29) is 24.3 Å². The highest BCUT2D eigenvalue weighted by atomic mass is 16.5. The number of fused-ring (bicyclic) bond motifs is 1. The predicted molar refractivity (Wildman–Crippen MR) is 148 cm³/mol. The maximum atomic E-state index is 14.1. The number of ether oxygens (including phenoxy) is 1. The number of aryl methyl sites for hydroxylation is 1. The second-order valence-corrected chi connectivity index (χ2v) is 10.1. The molecule has 200 valence electrons. The van der Waals surface area contributed by atoms with Crippen molar-refractivity contribution in [2.45, 2.75) is 64.0 Å². The van der Waals surface area contributed by atoms with Crippen LogP contribution in [0, 0.1) is 11.3 Å². The van der Waals surface area contributed by atoms with Gasteiger partial charge in [0.15, 0.2) is 0 Å². The summed E-state index contributed by atoms with van der Waals surface area (Å²) in [5, 5.41) is 23.0. The van der Waals surface area contributed by atoms with Crippen LogP contribution in [0.25, 0.3) is 16.8 Å². The fraction of sp³-hybridized carbons (Fsp3) is 0.355. The van der Waals surface area contributed by atoms with Crippen LogP contribution >= 0.6 is 0 Å². The average Bonchev–Trinajstić information content (AvgIpc) is 3.44. The summed E-state index contributed by atoms with van der Waals surface area (Å²) < 4.78 is 9.34. The lowest BCUT2D eigenvalue weighted by Gasteiger charge is -2.30. The molecule has 2 aromatic heterocycles. The van der Waals surface area contributed by atoms with Gasteiger partial charge in [-0.1, -0.05) is 55.8 Å². The minimum Gasteiger partial charge on any atom is -0.480 e. The molecule has 1 N–H and O–H groups in total. The standard InChI is InChI=1S/C31H32N4O4/c1-2-5-28-27(18-21-8-10-22(11-9-21)26-7-4-3-6-23(26)19-32)31(38)34(29-16-17-33-35(28)29)24-12-14-25(15-13-24)39-20-30(36)37/h3-4,6-11,16-17,24-25H,2,5,12-15,18,20H2,1H3,(H,36,37). The Morgan fingerprint density at radius 2 is 1.85 bits per heavy atom. The molecule has 0 saturated heterocycles. The van der Waals surface area contributed by atoms with Crippen LogP contribution in [0.3, 0.4) is 0 Å². The minimum atomic E-state index is -0.965. The maximum Gasteiger partial charge on any atom is 0.329 e. The molecule has 0 atom stereocenters. The molecule has 8 heteroatoms. The molecule has 5 rings (SSSR count). The summed E-state index contributed by atoms with van der Waals surface area (Å²) in [7, 11) is 0. The molecule has 0 amide bonds. The molecule has 1 fully saturated rings. The number of carbonyl (C=O) groups is 1. The maximum absolute atomic E-state index is 14.1. The molecule has 0 radical (unpaired) electrons. The Morgan fingerprint density at radius 1 is 1.10 bits per heavy atom. The summed E-state index contributed by atoms with van der Waals surface area (Å²) in [6, 6.07) is 19.8. The van der Waals surface area contributed by atoms with Crippen LogP contribution in [0.15, 0.2) is 65.6 Å². The van der Waals surface area contributed by atoms with Gasteiger partial charge < -0.3 is 9.84 Å². The van der Waals surface area contributed by atoms with Crippen LogP contribution in [0.5, 0.6) is 0 Å². The monoisotopic (exact) mass is 524 g/mol. The van der Waals surface area contributed by atoms with Crippen LogP contribution in [-0.2, 0) is 22.4 Å². The molecule has 0 bridgehead atoms. The van der Waals surface area contributed by atoms with Crippen LogP contribution in [0.1, 0.15) is 67.5 Å². The molecular formula is C31H32N4O4. The van der Waals surface area contributed by atoms with Crippen molar-refractivity contribution in [1.82, 2.24) is 14.2 Å². The second kappa shape index (κ2) is 11.7. The number of hydrogen-bond acceptors (Lipinski definition) is 5. The fourth-order valence-electron chi connectivity index (χ4n) is 5.71. The Hall–Kier alpha value is -4.22. The van der Waals surface area contributed by atoms with Crippen molar-refractivity contribution in [2.24, 2.45) is 0 Å². The molecule has 1 aliphatic carbocycles. The van der Waals surface area contributed by atoms with Gasteiger partial charge in [-0.15, -0.1) is 0 Å². The summed E-state index contributed by atoms with van der Waals surface area (Å²) in [6.45, 7) is 1.81. The van der Waals surface area contributed by atoms with Gasteiger partial charge in [0, 0.05) is 24.1 Å². The first-order valence-corrected chi connectivity index (χ1v) is 13.5. The largest absolute Gasteiger partial charge is 0.480 e. The highest BCUT2D eigenvalue weighted by Crippen LogP contribution is 2.31. The summed E-state index contributed by atoms with van der Waals surface area (Å²) in [4.78, 5) is 25.0. The molecule has 39 heavy (non-hydrogen) atoms. The van der Waals surface area contributed by atoms with E-state index in [0.29, 0.717) is 24.8 Å². The van der Waals surface area contributed by atoms with Crippen LogP contribution in [0.4, 0.5) is 0 Å². The third kappa shape index (κ3) is 5.50. The Balaban J connectivity index is 1.47. The minimum absolute atomic E-state index is 0.000615. The fourth-order valence-corrected chi connectivity index (χ4v) is 5.71. The van der Waals surface area contributed by atoms with E-state index in [0.717, 1.165) is 59.3 Å². The smallest absolute Gasteiger partial charge is 0.329 e. The Labute approximate surface area is 227 Å². The summed E-state index contributed by atoms with van der Waals surface area (Å²) in [5.74, 6) is -0.965. The molecule has 1 aliphatic rings. The summed E-state index contributed by atoms with van der Waals surface area (Å²) >= 11 is 0. The van der Waals surface area contributed by atoms with Gasteiger partial charge >= 0.3 is 5.97 Å². The van der Waals surface area contributed by atoms with Gasteiger partial charge in [-0.2, -0.15) is 10.4 Å². The van der Waals surface area contributed by atoms with Crippen molar-refractivity contribution < 1.29 is 14.6 Å². The van der Waals surface area contributed by atoms with E-state index in [9.17, 15) is 14.9 Å². The molecule has 0 unspecified atom stereocenters. The van der Waals surface area contributed by atoms with Gasteiger partial charge in [0.05, 0.1) is 29.6 Å². The quantitative estimate of drug-likeness (QED) is 0.324. The number of aromatic nitrogens is 3. The van der Waals surface area contributed by atoms with Gasteiger partial charge in [-0.3, -0.25) is 9.36 Å². The van der Waals surface area contributed by atoms with Crippen molar-refractivity contribution in [3.05, 3.63) is 93.5 Å². The first kappa shape index (κ1) is 26.4. The summed E-state index contributed by atoms with van der Waals surface area (Å²) in [5.41, 5.74) is 6.01. The van der Waals surface area contributed by atoms with Crippen molar-refractivity contribution >= 4 is 11.6 Å². The molecular weight excluding hydrogens is 492 g/mol. The van der Waals surface area contributed by atoms with Crippen LogP contribution < -0.4 is 5.56 Å². The van der Waals surface area contributed by atoms with Gasteiger partial charge in [0.2, 0.25) is 0 Å². The molecule has 0 spiro atoms. The van der Waals surface area contributed by atoms with Crippen LogP contribution in [0.2, 0.25) is 0 Å². The predicted octanol–water partition coefficient (Wildman–Crippen LogP) is 5.16. The summed E-state index contributed by atoms with van der Waals surface area (Å²) in [6.07, 6.45) is 6.67. The Kier molecular flexibility index (Phi) is 7.89. The van der Waals surface area contributed by atoms with E-state index < -0.39 is 5.97 Å². The molecule has 8 nitrogen and oxygen atoms in total. The zero-order chi connectivity index (χ0) is 27.4. The normalized spacial score (nSPS) is 17.2. The third-order valence-corrected chi connectivity index (χ3v) is 7.58. The average molecular weight is 525 g/mol. The van der Waals surface area contributed by atoms with E-state index in [4.69, 9.17) is 9.84 Å². The lowest BCUT2D eigenvalue weighted by molar-refractivity contribution is -0.145. The molecule has 0 aliphatic heterocycles.